The Morgan fingerprint density at radius 3 is 2.27 bits per heavy atom. The first-order chi connectivity index (χ1) is 21.5. The van der Waals surface area contributed by atoms with Gasteiger partial charge in [0.1, 0.15) is 18.2 Å². The minimum atomic E-state index is -0.830. The first-order valence-electron chi connectivity index (χ1n) is 15.8. The molecular weight excluding hydrogens is 554 g/mol. The molecule has 0 aliphatic carbocycles. The van der Waals surface area contributed by atoms with E-state index in [2.05, 4.69) is 44.8 Å². The van der Waals surface area contributed by atoms with Crippen LogP contribution in [0.2, 0.25) is 0 Å². The number of carbonyl (C=O) groups excluding carboxylic acids is 3. The van der Waals surface area contributed by atoms with Gasteiger partial charge in [-0.3, -0.25) is 14.6 Å². The summed E-state index contributed by atoms with van der Waals surface area (Å²) in [5.74, 6) is -0.0555. The van der Waals surface area contributed by atoms with E-state index < -0.39 is 17.7 Å². The smallest absolute Gasteiger partial charge is 0.407 e. The number of rotatable bonds is 13. The summed E-state index contributed by atoms with van der Waals surface area (Å²) < 4.78 is 5.27. The standard InChI is InChI=1S/C35H43N5O4/c41-32-31(15-7-8-21-37-34(43)44-27-30-12-5-2-6-13-30)38-33(42)35(40(32)23-17-29-14-9-20-36-26-29)18-24-39(25-19-35)22-16-28-10-3-1-4-11-28/h1-6,9-14,20,26,31H,7-8,15-19,21-25,27H2,(H,37,43)(H,38,42)/t31-/m0/s1. The summed E-state index contributed by atoms with van der Waals surface area (Å²) in [6.45, 7) is 3.61. The van der Waals surface area contributed by atoms with Gasteiger partial charge in [-0.25, -0.2) is 4.79 Å². The molecule has 0 radical (unpaired) electrons. The first kappa shape index (κ1) is 31.2. The number of alkyl carbamates (subject to hydrolysis) is 1. The van der Waals surface area contributed by atoms with Crippen LogP contribution in [0.1, 0.15) is 48.8 Å². The summed E-state index contributed by atoms with van der Waals surface area (Å²) in [5, 5.41) is 5.87. The Balaban J connectivity index is 1.13. The summed E-state index contributed by atoms with van der Waals surface area (Å²) in [7, 11) is 0. The van der Waals surface area contributed by atoms with Gasteiger partial charge in [0.05, 0.1) is 0 Å². The average molecular weight is 598 g/mol. The number of likely N-dealkylation sites (tertiary alicyclic amines) is 1. The lowest BCUT2D eigenvalue weighted by molar-refractivity contribution is -0.161. The molecular formula is C35H43N5O4. The normalized spacial score (nSPS) is 18.2. The molecule has 1 aromatic heterocycles. The second-order valence-electron chi connectivity index (χ2n) is 11.7. The highest BCUT2D eigenvalue weighted by Crippen LogP contribution is 2.34. The highest BCUT2D eigenvalue weighted by atomic mass is 16.5. The van der Waals surface area contributed by atoms with Gasteiger partial charge >= 0.3 is 6.09 Å². The van der Waals surface area contributed by atoms with Crippen molar-refractivity contribution in [1.82, 2.24) is 25.4 Å². The second kappa shape index (κ2) is 15.5. The van der Waals surface area contributed by atoms with Crippen LogP contribution < -0.4 is 10.6 Å². The molecule has 9 heteroatoms. The van der Waals surface area contributed by atoms with Crippen LogP contribution in [-0.4, -0.2) is 77.0 Å². The summed E-state index contributed by atoms with van der Waals surface area (Å²) in [4.78, 5) is 48.3. The number of nitrogens with zero attached hydrogens (tertiary/aromatic N) is 3. The highest BCUT2D eigenvalue weighted by molar-refractivity contribution is 6.00. The number of nitrogens with one attached hydrogen (secondary N) is 2. The molecule has 5 rings (SSSR count). The fourth-order valence-corrected chi connectivity index (χ4v) is 6.20. The van der Waals surface area contributed by atoms with Crippen molar-refractivity contribution in [3.8, 4) is 0 Å². The predicted octanol–water partition coefficient (Wildman–Crippen LogP) is 4.13. The van der Waals surface area contributed by atoms with E-state index in [1.165, 1.54) is 5.56 Å². The van der Waals surface area contributed by atoms with Crippen LogP contribution in [0.3, 0.4) is 0 Å². The zero-order valence-corrected chi connectivity index (χ0v) is 25.3. The molecule has 2 aromatic carbocycles. The minimum Gasteiger partial charge on any atom is -0.445 e. The number of benzene rings is 2. The van der Waals surface area contributed by atoms with Gasteiger partial charge in [-0.05, 0) is 67.7 Å². The van der Waals surface area contributed by atoms with Crippen LogP contribution in [0.4, 0.5) is 4.79 Å². The summed E-state index contributed by atoms with van der Waals surface area (Å²) in [5.41, 5.74) is 2.45. The summed E-state index contributed by atoms with van der Waals surface area (Å²) in [6, 6.07) is 23.3. The van der Waals surface area contributed by atoms with Crippen LogP contribution >= 0.6 is 0 Å². The molecule has 44 heavy (non-hydrogen) atoms. The molecule has 2 fully saturated rings. The van der Waals surface area contributed by atoms with Crippen molar-refractivity contribution in [1.29, 1.82) is 0 Å². The third-order valence-corrected chi connectivity index (χ3v) is 8.80. The van der Waals surface area contributed by atoms with Crippen molar-refractivity contribution in [3.63, 3.8) is 0 Å². The predicted molar refractivity (Wildman–Crippen MR) is 169 cm³/mol. The Labute approximate surface area is 260 Å². The van der Waals surface area contributed by atoms with E-state index in [0.29, 0.717) is 51.6 Å². The quantitative estimate of drug-likeness (QED) is 0.287. The summed E-state index contributed by atoms with van der Waals surface area (Å²) >= 11 is 0. The Hall–Kier alpha value is -4.24. The van der Waals surface area contributed by atoms with Crippen LogP contribution in [0.15, 0.2) is 85.2 Å². The second-order valence-corrected chi connectivity index (χ2v) is 11.7. The minimum absolute atomic E-state index is 0.0125. The fourth-order valence-electron chi connectivity index (χ4n) is 6.20. The van der Waals surface area contributed by atoms with Crippen molar-refractivity contribution in [2.45, 2.75) is 63.1 Å². The topological polar surface area (TPSA) is 104 Å². The lowest BCUT2D eigenvalue weighted by atomic mass is 9.81. The SMILES string of the molecule is O=C(NCCCC[C@@H]1NC(=O)C2(CCN(CCc3ccccc3)CC2)N(CCc2cccnc2)C1=O)OCc1ccccc1. The van der Waals surface area contributed by atoms with Crippen molar-refractivity contribution in [2.75, 3.05) is 32.7 Å². The number of hydrogen-bond acceptors (Lipinski definition) is 6. The third-order valence-electron chi connectivity index (χ3n) is 8.80. The number of piperidine rings is 1. The van der Waals surface area contributed by atoms with Crippen LogP contribution in [0.5, 0.6) is 0 Å². The van der Waals surface area contributed by atoms with Gasteiger partial charge in [-0.1, -0.05) is 66.7 Å². The van der Waals surface area contributed by atoms with E-state index >= 15 is 0 Å². The number of ether oxygens (including phenoxy) is 1. The van der Waals surface area contributed by atoms with Crippen LogP contribution in [0.25, 0.3) is 0 Å². The summed E-state index contributed by atoms with van der Waals surface area (Å²) in [6.07, 6.45) is 7.83. The number of hydrogen-bond donors (Lipinski definition) is 2. The van der Waals surface area contributed by atoms with E-state index in [0.717, 1.165) is 37.2 Å². The molecule has 1 spiro atoms. The number of aromatic nitrogens is 1. The van der Waals surface area contributed by atoms with E-state index in [-0.39, 0.29) is 18.4 Å². The Morgan fingerprint density at radius 2 is 1.57 bits per heavy atom. The monoisotopic (exact) mass is 597 g/mol. The molecule has 2 aliphatic rings. The Kier molecular flexibility index (Phi) is 11.0. The van der Waals surface area contributed by atoms with Gasteiger partial charge in [0.25, 0.3) is 0 Å². The molecule has 2 aliphatic heterocycles. The van der Waals surface area contributed by atoms with E-state index in [1.54, 1.807) is 6.20 Å². The number of unbranched alkanes of at least 4 members (excludes halogenated alkanes) is 1. The zero-order valence-electron chi connectivity index (χ0n) is 25.3. The maximum Gasteiger partial charge on any atom is 0.407 e. The molecule has 3 aromatic rings. The number of carbonyl (C=O) groups is 3. The molecule has 1 atom stereocenters. The first-order valence-corrected chi connectivity index (χ1v) is 15.8. The van der Waals surface area contributed by atoms with Gasteiger partial charge in [0.15, 0.2) is 0 Å². The largest absolute Gasteiger partial charge is 0.445 e. The molecule has 3 amide bonds. The van der Waals surface area contributed by atoms with E-state index in [4.69, 9.17) is 4.74 Å². The number of amides is 3. The molecule has 0 unspecified atom stereocenters. The lowest BCUT2D eigenvalue weighted by Gasteiger charge is -2.51. The highest BCUT2D eigenvalue weighted by Gasteiger charge is 2.53. The number of piperazine rings is 1. The van der Waals surface area contributed by atoms with E-state index in [1.807, 2.05) is 59.6 Å². The molecule has 2 saturated heterocycles. The number of pyridine rings is 1. The van der Waals surface area contributed by atoms with Crippen molar-refractivity contribution >= 4 is 17.9 Å². The van der Waals surface area contributed by atoms with Gasteiger partial charge in [0, 0.05) is 45.1 Å². The maximum absolute atomic E-state index is 13.9. The Bertz CT molecular complexity index is 1350. The molecule has 2 N–H and O–H groups in total. The average Bonchev–Trinajstić information content (AvgIpc) is 3.07. The van der Waals surface area contributed by atoms with Crippen molar-refractivity contribution < 1.29 is 19.1 Å². The fraction of sp³-hybridized carbons (Fsp3) is 0.429. The van der Waals surface area contributed by atoms with Gasteiger partial charge in [-0.2, -0.15) is 0 Å². The Morgan fingerprint density at radius 1 is 0.886 bits per heavy atom. The zero-order chi connectivity index (χ0) is 30.6. The van der Waals surface area contributed by atoms with Gasteiger partial charge in [0.2, 0.25) is 11.8 Å². The van der Waals surface area contributed by atoms with E-state index in [9.17, 15) is 14.4 Å². The van der Waals surface area contributed by atoms with Crippen molar-refractivity contribution in [3.05, 3.63) is 102 Å². The van der Waals surface area contributed by atoms with Gasteiger partial charge < -0.3 is 25.2 Å². The molecule has 9 nitrogen and oxygen atoms in total. The van der Waals surface area contributed by atoms with Crippen LogP contribution in [-0.2, 0) is 33.8 Å². The third kappa shape index (κ3) is 8.23. The van der Waals surface area contributed by atoms with Crippen molar-refractivity contribution in [2.24, 2.45) is 0 Å². The molecule has 232 valence electrons. The van der Waals surface area contributed by atoms with Gasteiger partial charge in [-0.15, -0.1) is 0 Å². The van der Waals surface area contributed by atoms with Crippen LogP contribution in [0, 0.1) is 0 Å². The molecule has 0 saturated carbocycles. The maximum atomic E-state index is 13.9. The lowest BCUT2D eigenvalue weighted by Crippen LogP contribution is -2.73. The molecule has 0 bridgehead atoms. The molecule has 3 heterocycles.